The van der Waals surface area contributed by atoms with Crippen molar-refractivity contribution in [1.29, 1.82) is 0 Å². The summed E-state index contributed by atoms with van der Waals surface area (Å²) >= 11 is 0. The van der Waals surface area contributed by atoms with Gasteiger partial charge < -0.3 is 4.74 Å². The number of nitrogens with zero attached hydrogens (tertiary/aromatic N) is 3. The lowest BCUT2D eigenvalue weighted by atomic mass is 10.1. The van der Waals surface area contributed by atoms with Crippen LogP contribution in [0, 0.1) is 0 Å². The van der Waals surface area contributed by atoms with Crippen LogP contribution in [0.25, 0.3) is 11.3 Å². The van der Waals surface area contributed by atoms with Gasteiger partial charge in [-0.2, -0.15) is 5.10 Å². The molecule has 22 heavy (non-hydrogen) atoms. The first kappa shape index (κ1) is 14.0. The van der Waals surface area contributed by atoms with E-state index in [9.17, 15) is 4.79 Å². The molecule has 5 nitrogen and oxygen atoms in total. The van der Waals surface area contributed by atoms with E-state index in [0.29, 0.717) is 12.2 Å². The minimum Gasteiger partial charge on any atom is -0.496 e. The number of aromatic nitrogens is 3. The second-order valence-corrected chi connectivity index (χ2v) is 4.78. The smallest absolute Gasteiger partial charge is 0.267 e. The van der Waals surface area contributed by atoms with Crippen LogP contribution in [0.5, 0.6) is 5.75 Å². The predicted octanol–water partition coefficient (Wildman–Crippen LogP) is 2.36. The summed E-state index contributed by atoms with van der Waals surface area (Å²) in [5, 5.41) is 4.44. The van der Waals surface area contributed by atoms with Crippen LogP contribution in [0.2, 0.25) is 0 Å². The van der Waals surface area contributed by atoms with Gasteiger partial charge in [-0.3, -0.25) is 9.78 Å². The summed E-state index contributed by atoms with van der Waals surface area (Å²) in [5.74, 6) is 0.724. The Balaban J connectivity index is 2.01. The van der Waals surface area contributed by atoms with Gasteiger partial charge in [0, 0.05) is 24.0 Å². The van der Waals surface area contributed by atoms with Crippen molar-refractivity contribution >= 4 is 0 Å². The van der Waals surface area contributed by atoms with Gasteiger partial charge in [-0.25, -0.2) is 4.68 Å². The molecule has 0 radical (unpaired) electrons. The highest BCUT2D eigenvalue weighted by Crippen LogP contribution is 2.27. The van der Waals surface area contributed by atoms with Gasteiger partial charge in [0.2, 0.25) is 0 Å². The molecule has 3 rings (SSSR count). The molecule has 3 aromatic rings. The Hall–Kier alpha value is -2.95. The molecule has 0 spiro atoms. The van der Waals surface area contributed by atoms with Crippen molar-refractivity contribution in [2.24, 2.45) is 0 Å². The third kappa shape index (κ3) is 2.88. The molecular weight excluding hydrogens is 278 g/mol. The van der Waals surface area contributed by atoms with Crippen molar-refractivity contribution in [2.45, 2.75) is 6.54 Å². The second-order valence-electron chi connectivity index (χ2n) is 4.78. The number of para-hydroxylation sites is 1. The Morgan fingerprint density at radius 3 is 2.73 bits per heavy atom. The lowest BCUT2D eigenvalue weighted by Gasteiger charge is -2.10. The van der Waals surface area contributed by atoms with E-state index in [1.807, 2.05) is 36.4 Å². The van der Waals surface area contributed by atoms with Crippen LogP contribution in [0.3, 0.4) is 0 Å². The molecule has 0 bridgehead atoms. The van der Waals surface area contributed by atoms with Gasteiger partial charge in [-0.15, -0.1) is 0 Å². The van der Waals surface area contributed by atoms with E-state index in [1.54, 1.807) is 25.6 Å². The Labute approximate surface area is 127 Å². The number of ether oxygens (including phenoxy) is 1. The van der Waals surface area contributed by atoms with E-state index >= 15 is 0 Å². The highest BCUT2D eigenvalue weighted by molar-refractivity contribution is 5.66. The molecule has 110 valence electrons. The highest BCUT2D eigenvalue weighted by atomic mass is 16.5. The number of rotatable bonds is 4. The summed E-state index contributed by atoms with van der Waals surface area (Å²) in [6.45, 7) is 0.385. The van der Waals surface area contributed by atoms with E-state index in [4.69, 9.17) is 4.74 Å². The fourth-order valence-corrected chi connectivity index (χ4v) is 2.23. The van der Waals surface area contributed by atoms with E-state index in [1.165, 1.54) is 10.7 Å². The van der Waals surface area contributed by atoms with Crippen molar-refractivity contribution in [3.8, 4) is 17.0 Å². The molecule has 0 aliphatic heterocycles. The molecule has 0 N–H and O–H groups in total. The van der Waals surface area contributed by atoms with Crippen LogP contribution in [0.4, 0.5) is 0 Å². The zero-order valence-corrected chi connectivity index (χ0v) is 12.1. The topological polar surface area (TPSA) is 57.0 Å². The van der Waals surface area contributed by atoms with Crippen molar-refractivity contribution in [1.82, 2.24) is 14.8 Å². The van der Waals surface area contributed by atoms with E-state index in [-0.39, 0.29) is 5.56 Å². The minimum absolute atomic E-state index is 0.150. The third-order valence-electron chi connectivity index (χ3n) is 3.30. The summed E-state index contributed by atoms with van der Waals surface area (Å²) in [6, 6.07) is 14.6. The fourth-order valence-electron chi connectivity index (χ4n) is 2.23. The molecule has 0 aliphatic rings. The summed E-state index contributed by atoms with van der Waals surface area (Å²) in [4.78, 5) is 16.1. The van der Waals surface area contributed by atoms with Crippen molar-refractivity contribution < 1.29 is 4.74 Å². The van der Waals surface area contributed by atoms with Crippen molar-refractivity contribution in [2.75, 3.05) is 7.11 Å². The molecule has 0 saturated heterocycles. The maximum atomic E-state index is 12.0. The van der Waals surface area contributed by atoms with E-state index < -0.39 is 0 Å². The number of pyridine rings is 1. The maximum absolute atomic E-state index is 12.0. The average molecular weight is 293 g/mol. The van der Waals surface area contributed by atoms with Crippen LogP contribution >= 0.6 is 0 Å². The van der Waals surface area contributed by atoms with Gasteiger partial charge in [0.25, 0.3) is 5.56 Å². The van der Waals surface area contributed by atoms with Crippen LogP contribution < -0.4 is 10.3 Å². The quantitative estimate of drug-likeness (QED) is 0.741. The SMILES string of the molecule is COc1ccccc1-c1ccc(=O)n(Cc2cccnc2)n1. The first-order chi connectivity index (χ1) is 10.8. The third-order valence-corrected chi connectivity index (χ3v) is 3.30. The Bertz CT molecular complexity index is 829. The van der Waals surface area contributed by atoms with Crippen molar-refractivity contribution in [3.63, 3.8) is 0 Å². The highest BCUT2D eigenvalue weighted by Gasteiger charge is 2.08. The monoisotopic (exact) mass is 293 g/mol. The first-order valence-electron chi connectivity index (χ1n) is 6.88. The van der Waals surface area contributed by atoms with Crippen LogP contribution in [-0.2, 0) is 6.54 Å². The van der Waals surface area contributed by atoms with Gasteiger partial charge in [-0.05, 0) is 29.8 Å². The Kier molecular flexibility index (Phi) is 3.96. The normalized spacial score (nSPS) is 10.4. The fraction of sp³-hybridized carbons (Fsp3) is 0.118. The molecule has 0 unspecified atom stereocenters. The number of methoxy groups -OCH3 is 1. The van der Waals surface area contributed by atoms with Crippen LogP contribution in [-0.4, -0.2) is 21.9 Å². The summed E-state index contributed by atoms with van der Waals surface area (Å²) < 4.78 is 6.78. The van der Waals surface area contributed by atoms with Gasteiger partial charge in [0.05, 0.1) is 19.3 Å². The number of hydrogen-bond acceptors (Lipinski definition) is 4. The molecule has 0 atom stereocenters. The number of benzene rings is 1. The van der Waals surface area contributed by atoms with Gasteiger partial charge >= 0.3 is 0 Å². The van der Waals surface area contributed by atoms with Gasteiger partial charge in [-0.1, -0.05) is 18.2 Å². The molecule has 1 aromatic carbocycles. The van der Waals surface area contributed by atoms with Crippen LogP contribution in [0.1, 0.15) is 5.56 Å². The van der Waals surface area contributed by atoms with Gasteiger partial charge in [0.1, 0.15) is 5.75 Å². The zero-order chi connectivity index (χ0) is 15.4. The molecule has 0 fully saturated rings. The molecule has 5 heteroatoms. The molecular formula is C17H15N3O2. The van der Waals surface area contributed by atoms with Gasteiger partial charge in [0.15, 0.2) is 0 Å². The Morgan fingerprint density at radius 1 is 1.09 bits per heavy atom. The lowest BCUT2D eigenvalue weighted by molar-refractivity contribution is 0.416. The maximum Gasteiger partial charge on any atom is 0.267 e. The Morgan fingerprint density at radius 2 is 1.95 bits per heavy atom. The minimum atomic E-state index is -0.150. The molecule has 0 aliphatic carbocycles. The van der Waals surface area contributed by atoms with Crippen LogP contribution in [0.15, 0.2) is 65.7 Å². The molecule has 2 aromatic heterocycles. The summed E-state index contributed by atoms with van der Waals surface area (Å²) in [7, 11) is 1.62. The predicted molar refractivity (Wildman–Crippen MR) is 83.8 cm³/mol. The second kappa shape index (κ2) is 6.22. The first-order valence-corrected chi connectivity index (χ1v) is 6.88. The molecule has 2 heterocycles. The zero-order valence-electron chi connectivity index (χ0n) is 12.1. The van der Waals surface area contributed by atoms with E-state index in [0.717, 1.165) is 16.9 Å². The number of hydrogen-bond donors (Lipinski definition) is 0. The average Bonchev–Trinajstić information content (AvgIpc) is 2.58. The van der Waals surface area contributed by atoms with Crippen molar-refractivity contribution in [3.05, 3.63) is 76.8 Å². The van der Waals surface area contributed by atoms with E-state index in [2.05, 4.69) is 10.1 Å². The summed E-state index contributed by atoms with van der Waals surface area (Å²) in [5.41, 5.74) is 2.32. The molecule has 0 amide bonds. The standard InChI is InChI=1S/C17H15N3O2/c1-22-16-7-3-2-6-14(16)15-8-9-17(21)20(19-15)12-13-5-4-10-18-11-13/h2-11H,12H2,1H3. The summed E-state index contributed by atoms with van der Waals surface area (Å²) in [6.07, 6.45) is 3.43. The lowest BCUT2D eigenvalue weighted by Crippen LogP contribution is -2.22. The largest absolute Gasteiger partial charge is 0.496 e. The molecule has 0 saturated carbocycles.